The largest absolute Gasteiger partial charge is 0.480 e. The quantitative estimate of drug-likeness (QED) is 0.808. The zero-order chi connectivity index (χ0) is 14.7. The van der Waals surface area contributed by atoms with E-state index in [0.717, 1.165) is 6.26 Å². The van der Waals surface area contributed by atoms with Crippen LogP contribution in [0.2, 0.25) is 0 Å². The molecule has 0 fully saturated rings. The lowest BCUT2D eigenvalue weighted by Crippen LogP contribution is -2.27. The molecule has 1 aromatic rings. The third kappa shape index (κ3) is 4.64. The second-order valence-electron chi connectivity index (χ2n) is 4.13. The Hall–Kier alpha value is -1.41. The van der Waals surface area contributed by atoms with Crippen molar-refractivity contribution in [3.8, 4) is 0 Å². The number of carbonyl (C=O) groups is 1. The van der Waals surface area contributed by atoms with Crippen LogP contribution < -0.4 is 0 Å². The van der Waals surface area contributed by atoms with E-state index >= 15 is 0 Å². The molecule has 1 atom stereocenters. The molecule has 0 bridgehead atoms. The van der Waals surface area contributed by atoms with Gasteiger partial charge in [0.2, 0.25) is 0 Å². The Balaban J connectivity index is 3.10. The van der Waals surface area contributed by atoms with Crippen molar-refractivity contribution in [3.63, 3.8) is 0 Å². The van der Waals surface area contributed by atoms with E-state index in [1.165, 1.54) is 24.3 Å². The summed E-state index contributed by atoms with van der Waals surface area (Å²) in [6.07, 6.45) is 0.904. The van der Waals surface area contributed by atoms with Crippen LogP contribution >= 0.6 is 0 Å². The Labute approximate surface area is 111 Å². The molecular weight excluding hydrogens is 292 g/mol. The van der Waals surface area contributed by atoms with Gasteiger partial charge in [-0.3, -0.25) is 4.79 Å². The van der Waals surface area contributed by atoms with Crippen LogP contribution in [0, 0.1) is 0 Å². The van der Waals surface area contributed by atoms with Gasteiger partial charge in [-0.05, 0) is 5.56 Å². The molecule has 1 aromatic carbocycles. The molecule has 0 saturated carbocycles. The molecule has 106 valence electrons. The highest BCUT2D eigenvalue weighted by Crippen LogP contribution is 2.23. The first-order valence-corrected chi connectivity index (χ1v) is 9.08. The molecule has 0 saturated heterocycles. The first kappa shape index (κ1) is 15.6. The summed E-state index contributed by atoms with van der Waals surface area (Å²) in [4.78, 5) is 11.1. The predicted octanol–water partition coefficient (Wildman–Crippen LogP) is 0.272. The summed E-state index contributed by atoms with van der Waals surface area (Å²) in [5.74, 6) is -2.82. The first-order chi connectivity index (χ1) is 8.63. The van der Waals surface area contributed by atoms with Crippen LogP contribution in [0.4, 0.5) is 0 Å². The van der Waals surface area contributed by atoms with Crippen molar-refractivity contribution >= 4 is 25.6 Å². The fraction of sp³-hybridized carbons (Fsp3) is 0.364. The lowest BCUT2D eigenvalue weighted by molar-refractivity contribution is -0.136. The van der Waals surface area contributed by atoms with Crippen LogP contribution in [0.3, 0.4) is 0 Å². The van der Waals surface area contributed by atoms with Crippen molar-refractivity contribution in [2.75, 3.05) is 17.8 Å². The molecule has 0 aliphatic rings. The number of sulfone groups is 2. The maximum Gasteiger partial charge on any atom is 0.326 e. The Morgan fingerprint density at radius 3 is 2.05 bits per heavy atom. The normalized spacial score (nSPS) is 13.9. The molecule has 0 heterocycles. The van der Waals surface area contributed by atoms with Gasteiger partial charge in [0, 0.05) is 6.26 Å². The Kier molecular flexibility index (Phi) is 4.70. The minimum Gasteiger partial charge on any atom is -0.480 e. The van der Waals surface area contributed by atoms with Crippen molar-refractivity contribution < 1.29 is 26.7 Å². The fourth-order valence-corrected chi connectivity index (χ4v) is 4.77. The molecular formula is C11H14O6S2. The highest BCUT2D eigenvalue weighted by molar-refractivity contribution is 7.95. The summed E-state index contributed by atoms with van der Waals surface area (Å²) in [5, 5.41) is 7.32. The Bertz CT molecular complexity index is 646. The van der Waals surface area contributed by atoms with E-state index in [4.69, 9.17) is 5.11 Å². The van der Waals surface area contributed by atoms with E-state index in [9.17, 15) is 21.6 Å². The second-order valence-corrected chi connectivity index (χ2v) is 8.59. The van der Waals surface area contributed by atoms with Gasteiger partial charge >= 0.3 is 5.97 Å². The van der Waals surface area contributed by atoms with Crippen LogP contribution in [-0.4, -0.2) is 45.7 Å². The van der Waals surface area contributed by atoms with E-state index in [-0.39, 0.29) is 5.56 Å². The SMILES string of the molecule is CS(=O)(=O)CCS(=O)(=O)C(C(=O)O)c1ccccc1. The summed E-state index contributed by atoms with van der Waals surface area (Å²) in [7, 11) is -7.56. The number of benzene rings is 1. The number of carboxylic acid groups (broad SMARTS) is 1. The molecule has 0 aliphatic carbocycles. The van der Waals surface area contributed by atoms with Gasteiger partial charge in [0.25, 0.3) is 0 Å². The molecule has 0 aromatic heterocycles. The standard InChI is InChI=1S/C11H14O6S2/c1-18(14,15)7-8-19(16,17)10(11(12)13)9-5-3-2-4-6-9/h2-6,10H,7-8H2,1H3,(H,12,13). The number of hydrogen-bond donors (Lipinski definition) is 1. The highest BCUT2D eigenvalue weighted by atomic mass is 32.2. The fourth-order valence-electron chi connectivity index (χ4n) is 1.52. The molecule has 0 aliphatic heterocycles. The van der Waals surface area contributed by atoms with Crippen LogP contribution in [0.1, 0.15) is 10.8 Å². The summed E-state index contributed by atoms with van der Waals surface area (Å²) in [6.45, 7) is 0. The second kappa shape index (κ2) is 5.70. The Morgan fingerprint density at radius 2 is 1.63 bits per heavy atom. The van der Waals surface area contributed by atoms with Crippen molar-refractivity contribution in [1.29, 1.82) is 0 Å². The lowest BCUT2D eigenvalue weighted by Gasteiger charge is -2.13. The molecule has 8 heteroatoms. The maximum atomic E-state index is 12.0. The molecule has 0 amide bonds. The summed E-state index contributed by atoms with van der Waals surface area (Å²) < 4.78 is 45.9. The van der Waals surface area contributed by atoms with E-state index in [0.29, 0.717) is 0 Å². The smallest absolute Gasteiger partial charge is 0.326 e. The van der Waals surface area contributed by atoms with Gasteiger partial charge in [-0.2, -0.15) is 0 Å². The summed E-state index contributed by atoms with van der Waals surface area (Å²) >= 11 is 0. The van der Waals surface area contributed by atoms with Crippen LogP contribution in [0.25, 0.3) is 0 Å². The van der Waals surface area contributed by atoms with Gasteiger partial charge in [-0.1, -0.05) is 30.3 Å². The first-order valence-electron chi connectivity index (χ1n) is 5.30. The van der Waals surface area contributed by atoms with Crippen LogP contribution in [-0.2, 0) is 24.5 Å². The average molecular weight is 306 g/mol. The number of hydrogen-bond acceptors (Lipinski definition) is 5. The summed E-state index contributed by atoms with van der Waals surface area (Å²) in [6, 6.07) is 7.45. The van der Waals surface area contributed by atoms with Gasteiger partial charge in [-0.15, -0.1) is 0 Å². The highest BCUT2D eigenvalue weighted by Gasteiger charge is 2.34. The van der Waals surface area contributed by atoms with Crippen molar-refractivity contribution in [1.82, 2.24) is 0 Å². The van der Waals surface area contributed by atoms with Gasteiger partial charge < -0.3 is 5.11 Å². The predicted molar refractivity (Wildman–Crippen MR) is 70.3 cm³/mol. The maximum absolute atomic E-state index is 12.0. The summed E-state index contributed by atoms with van der Waals surface area (Å²) in [5.41, 5.74) is 0.114. The van der Waals surface area contributed by atoms with Crippen molar-refractivity contribution in [2.24, 2.45) is 0 Å². The molecule has 1 unspecified atom stereocenters. The van der Waals surface area contributed by atoms with E-state index in [1.54, 1.807) is 6.07 Å². The van der Waals surface area contributed by atoms with Gasteiger partial charge in [-0.25, -0.2) is 16.8 Å². The Morgan fingerprint density at radius 1 is 1.11 bits per heavy atom. The number of carboxylic acids is 1. The topological polar surface area (TPSA) is 106 Å². The lowest BCUT2D eigenvalue weighted by atomic mass is 10.1. The zero-order valence-electron chi connectivity index (χ0n) is 10.2. The van der Waals surface area contributed by atoms with Crippen molar-refractivity contribution in [3.05, 3.63) is 35.9 Å². The van der Waals surface area contributed by atoms with E-state index in [2.05, 4.69) is 0 Å². The van der Waals surface area contributed by atoms with Gasteiger partial charge in [0.1, 0.15) is 9.84 Å². The third-order valence-corrected chi connectivity index (χ3v) is 5.59. The molecule has 19 heavy (non-hydrogen) atoms. The van der Waals surface area contributed by atoms with E-state index in [1.807, 2.05) is 0 Å². The average Bonchev–Trinajstić information content (AvgIpc) is 2.26. The number of rotatable bonds is 6. The molecule has 0 radical (unpaired) electrons. The molecule has 6 nitrogen and oxygen atoms in total. The zero-order valence-corrected chi connectivity index (χ0v) is 11.8. The minimum atomic E-state index is -4.09. The van der Waals surface area contributed by atoms with Gasteiger partial charge in [0.15, 0.2) is 15.1 Å². The monoisotopic (exact) mass is 306 g/mol. The minimum absolute atomic E-state index is 0.114. The number of aliphatic carboxylic acids is 1. The van der Waals surface area contributed by atoms with Crippen molar-refractivity contribution in [2.45, 2.75) is 5.25 Å². The molecule has 0 spiro atoms. The van der Waals surface area contributed by atoms with Crippen LogP contribution in [0.15, 0.2) is 30.3 Å². The molecule has 1 N–H and O–H groups in total. The van der Waals surface area contributed by atoms with Gasteiger partial charge in [0.05, 0.1) is 11.5 Å². The van der Waals surface area contributed by atoms with E-state index < -0.39 is 42.4 Å². The van der Waals surface area contributed by atoms with Crippen LogP contribution in [0.5, 0.6) is 0 Å². The third-order valence-electron chi connectivity index (χ3n) is 2.42. The molecule has 1 rings (SSSR count).